The average Bonchev–Trinajstić information content (AvgIpc) is 2.70. The van der Waals surface area contributed by atoms with Crippen LogP contribution in [0.1, 0.15) is 149 Å². The first kappa shape index (κ1) is 28.9. The van der Waals surface area contributed by atoms with Gasteiger partial charge in [-0.1, -0.05) is 117 Å². The Morgan fingerprint density at radius 1 is 0.633 bits per heavy atom. The van der Waals surface area contributed by atoms with Crippen molar-refractivity contribution < 1.29 is 19.4 Å². The van der Waals surface area contributed by atoms with Crippen LogP contribution in [0, 0.1) is 0 Å². The molecule has 4 nitrogen and oxygen atoms in total. The Bertz CT molecular complexity index is 394. The Balaban J connectivity index is 3.62. The highest BCUT2D eigenvalue weighted by molar-refractivity contribution is 5.71. The van der Waals surface area contributed by atoms with E-state index >= 15 is 0 Å². The quantitative estimate of drug-likeness (QED) is 0.132. The van der Waals surface area contributed by atoms with E-state index in [2.05, 4.69) is 13.8 Å². The van der Waals surface area contributed by atoms with E-state index in [0.717, 1.165) is 25.7 Å². The first-order valence-electron chi connectivity index (χ1n) is 13.0. The second kappa shape index (κ2) is 22.6. The third-order valence-electron chi connectivity index (χ3n) is 5.81. The molecule has 4 heteroatoms. The first-order chi connectivity index (χ1) is 14.6. The van der Waals surface area contributed by atoms with Crippen molar-refractivity contribution in [3.05, 3.63) is 0 Å². The first-order valence-corrected chi connectivity index (χ1v) is 13.0. The van der Waals surface area contributed by atoms with E-state index in [4.69, 9.17) is 9.84 Å². The lowest BCUT2D eigenvalue weighted by atomic mass is 10.0. The molecule has 0 bridgehead atoms. The van der Waals surface area contributed by atoms with E-state index in [1.807, 2.05) is 0 Å². The van der Waals surface area contributed by atoms with Crippen LogP contribution < -0.4 is 0 Å². The highest BCUT2D eigenvalue weighted by Gasteiger charge is 2.17. The number of aliphatic carboxylic acids is 1. The minimum Gasteiger partial charge on any atom is -0.481 e. The standard InChI is InChI=1S/C26H50O4/c1-3-5-7-9-10-11-12-13-14-15-16-18-20-22-26(29)30-24(23-25(27)28)21-19-17-8-6-4-2/h24H,3-23H2,1-2H3,(H,27,28). The number of hydrogen-bond donors (Lipinski definition) is 1. The average molecular weight is 427 g/mol. The van der Waals surface area contributed by atoms with Crippen molar-refractivity contribution in [2.45, 2.75) is 155 Å². The van der Waals surface area contributed by atoms with Gasteiger partial charge in [0.05, 0.1) is 6.42 Å². The number of unbranched alkanes of at least 4 members (excludes halogenated alkanes) is 16. The van der Waals surface area contributed by atoms with Crippen molar-refractivity contribution in [2.24, 2.45) is 0 Å². The van der Waals surface area contributed by atoms with Gasteiger partial charge in [-0.2, -0.15) is 0 Å². The zero-order valence-corrected chi connectivity index (χ0v) is 20.1. The van der Waals surface area contributed by atoms with Crippen molar-refractivity contribution >= 4 is 11.9 Å². The maximum Gasteiger partial charge on any atom is 0.307 e. The van der Waals surface area contributed by atoms with Crippen LogP contribution in [0.2, 0.25) is 0 Å². The van der Waals surface area contributed by atoms with Gasteiger partial charge in [0.2, 0.25) is 0 Å². The molecule has 0 amide bonds. The normalized spacial score (nSPS) is 12.1. The summed E-state index contributed by atoms with van der Waals surface area (Å²) in [6, 6.07) is 0. The van der Waals surface area contributed by atoms with Crippen LogP contribution in [0.25, 0.3) is 0 Å². The summed E-state index contributed by atoms with van der Waals surface area (Å²) in [6.07, 6.45) is 22.8. The highest BCUT2D eigenvalue weighted by Crippen LogP contribution is 2.15. The van der Waals surface area contributed by atoms with Crippen LogP contribution in [0.15, 0.2) is 0 Å². The molecule has 0 aliphatic heterocycles. The fourth-order valence-corrected chi connectivity index (χ4v) is 3.90. The second-order valence-corrected chi connectivity index (χ2v) is 8.91. The van der Waals surface area contributed by atoms with E-state index < -0.39 is 12.1 Å². The van der Waals surface area contributed by atoms with Gasteiger partial charge >= 0.3 is 11.9 Å². The summed E-state index contributed by atoms with van der Waals surface area (Å²) in [4.78, 5) is 23.1. The van der Waals surface area contributed by atoms with Crippen LogP contribution in [-0.4, -0.2) is 23.1 Å². The number of rotatable bonds is 23. The second-order valence-electron chi connectivity index (χ2n) is 8.91. The molecule has 0 fully saturated rings. The summed E-state index contributed by atoms with van der Waals surface area (Å²) >= 11 is 0. The molecule has 0 aliphatic rings. The van der Waals surface area contributed by atoms with Gasteiger partial charge in [0.15, 0.2) is 0 Å². The topological polar surface area (TPSA) is 63.6 Å². The summed E-state index contributed by atoms with van der Waals surface area (Å²) in [5, 5.41) is 9.05. The van der Waals surface area contributed by atoms with Crippen molar-refractivity contribution in [1.82, 2.24) is 0 Å². The van der Waals surface area contributed by atoms with Crippen LogP contribution in [-0.2, 0) is 14.3 Å². The molecule has 0 radical (unpaired) electrons. The zero-order valence-electron chi connectivity index (χ0n) is 20.1. The minimum absolute atomic E-state index is 0.0713. The number of hydrogen-bond acceptors (Lipinski definition) is 3. The maximum atomic E-state index is 12.1. The van der Waals surface area contributed by atoms with Crippen molar-refractivity contribution in [2.75, 3.05) is 0 Å². The molecule has 0 rings (SSSR count). The van der Waals surface area contributed by atoms with E-state index in [-0.39, 0.29) is 12.4 Å². The van der Waals surface area contributed by atoms with Gasteiger partial charge in [-0.25, -0.2) is 0 Å². The highest BCUT2D eigenvalue weighted by atomic mass is 16.5. The molecular weight excluding hydrogens is 376 g/mol. The third kappa shape index (κ3) is 21.6. The van der Waals surface area contributed by atoms with E-state index in [0.29, 0.717) is 12.8 Å². The SMILES string of the molecule is CCCCCCCCCCCCCCCC(=O)OC(CCCCCCC)CC(=O)O. The predicted molar refractivity (Wildman–Crippen MR) is 126 cm³/mol. The molecule has 1 atom stereocenters. The molecule has 0 aromatic carbocycles. The van der Waals surface area contributed by atoms with Gasteiger partial charge in [-0.3, -0.25) is 9.59 Å². The van der Waals surface area contributed by atoms with Gasteiger partial charge in [-0.05, 0) is 19.3 Å². The summed E-state index contributed by atoms with van der Waals surface area (Å²) < 4.78 is 5.46. The Kier molecular flexibility index (Phi) is 21.8. The number of carbonyl (C=O) groups excluding carboxylic acids is 1. The van der Waals surface area contributed by atoms with Gasteiger partial charge in [-0.15, -0.1) is 0 Å². The Morgan fingerprint density at radius 3 is 1.47 bits per heavy atom. The fourth-order valence-electron chi connectivity index (χ4n) is 3.90. The Labute approximate surface area is 186 Å². The van der Waals surface area contributed by atoms with Gasteiger partial charge in [0.1, 0.15) is 6.10 Å². The maximum absolute atomic E-state index is 12.1. The number of carbonyl (C=O) groups is 2. The number of esters is 1. The van der Waals surface area contributed by atoms with Crippen molar-refractivity contribution in [1.29, 1.82) is 0 Å². The van der Waals surface area contributed by atoms with Crippen LogP contribution in [0.4, 0.5) is 0 Å². The minimum atomic E-state index is -0.887. The monoisotopic (exact) mass is 426 g/mol. The summed E-state index contributed by atoms with van der Waals surface area (Å²) in [5.74, 6) is -1.11. The third-order valence-corrected chi connectivity index (χ3v) is 5.81. The lowest BCUT2D eigenvalue weighted by molar-refractivity contribution is -0.153. The molecule has 0 spiro atoms. The Morgan fingerprint density at radius 2 is 1.03 bits per heavy atom. The smallest absolute Gasteiger partial charge is 0.307 e. The van der Waals surface area contributed by atoms with E-state index in [1.54, 1.807) is 0 Å². The molecular formula is C26H50O4. The number of carboxylic acids is 1. The van der Waals surface area contributed by atoms with Gasteiger partial charge < -0.3 is 9.84 Å². The lowest BCUT2D eigenvalue weighted by Crippen LogP contribution is -2.21. The molecule has 0 aromatic rings. The molecule has 30 heavy (non-hydrogen) atoms. The zero-order chi connectivity index (χ0) is 22.3. The van der Waals surface area contributed by atoms with E-state index in [1.165, 1.54) is 89.9 Å². The van der Waals surface area contributed by atoms with Gasteiger partial charge in [0, 0.05) is 6.42 Å². The molecule has 1 unspecified atom stereocenters. The molecule has 0 aliphatic carbocycles. The predicted octanol–water partition coefficient (Wildman–Crippen LogP) is 8.21. The van der Waals surface area contributed by atoms with Crippen LogP contribution in [0.5, 0.6) is 0 Å². The lowest BCUT2D eigenvalue weighted by Gasteiger charge is -2.16. The molecule has 0 aromatic heterocycles. The summed E-state index contributed by atoms with van der Waals surface area (Å²) in [6.45, 7) is 4.43. The largest absolute Gasteiger partial charge is 0.481 e. The number of ether oxygens (including phenoxy) is 1. The van der Waals surface area contributed by atoms with Crippen LogP contribution >= 0.6 is 0 Å². The van der Waals surface area contributed by atoms with Crippen molar-refractivity contribution in [3.8, 4) is 0 Å². The number of carboxylic acid groups (broad SMARTS) is 1. The molecule has 1 N–H and O–H groups in total. The van der Waals surface area contributed by atoms with Crippen LogP contribution in [0.3, 0.4) is 0 Å². The van der Waals surface area contributed by atoms with Gasteiger partial charge in [0.25, 0.3) is 0 Å². The molecule has 178 valence electrons. The fraction of sp³-hybridized carbons (Fsp3) is 0.923. The Hall–Kier alpha value is -1.06. The summed E-state index contributed by atoms with van der Waals surface area (Å²) in [5.41, 5.74) is 0. The molecule has 0 saturated heterocycles. The molecule has 0 saturated carbocycles. The van der Waals surface area contributed by atoms with E-state index in [9.17, 15) is 9.59 Å². The summed E-state index contributed by atoms with van der Waals surface area (Å²) in [7, 11) is 0. The van der Waals surface area contributed by atoms with Crippen molar-refractivity contribution in [3.63, 3.8) is 0 Å². The molecule has 0 heterocycles.